The highest BCUT2D eigenvalue weighted by Crippen LogP contribution is 2.45. The van der Waals surface area contributed by atoms with E-state index in [1.807, 2.05) is 20.8 Å². The zero-order chi connectivity index (χ0) is 23.2. The molecule has 0 saturated heterocycles. The van der Waals surface area contributed by atoms with Gasteiger partial charge in [0.05, 0.1) is 5.52 Å². The van der Waals surface area contributed by atoms with Gasteiger partial charge in [0.25, 0.3) is 0 Å². The number of nitrogens with one attached hydrogen (secondary N) is 1. The quantitative estimate of drug-likeness (QED) is 0.487. The highest BCUT2D eigenvalue weighted by molar-refractivity contribution is 5.94. The first-order valence-corrected chi connectivity index (χ1v) is 11.9. The molecule has 6 bridgehead atoms. The fourth-order valence-electron chi connectivity index (χ4n) is 4.87. The molecule has 1 amide bonds. The van der Waals surface area contributed by atoms with Gasteiger partial charge < -0.3 is 14.8 Å². The van der Waals surface area contributed by atoms with Crippen molar-refractivity contribution in [1.29, 1.82) is 0 Å². The smallest absolute Gasteiger partial charge is 0.407 e. The van der Waals surface area contributed by atoms with E-state index in [0.717, 1.165) is 53.5 Å². The molecule has 3 aromatic rings. The number of hydrogen-bond acceptors (Lipinski definition) is 4. The molecule has 1 saturated carbocycles. The molecule has 2 unspecified atom stereocenters. The minimum atomic E-state index is -0.346. The summed E-state index contributed by atoms with van der Waals surface area (Å²) in [7, 11) is 1.73. The van der Waals surface area contributed by atoms with E-state index in [-0.39, 0.29) is 23.7 Å². The largest absolute Gasteiger partial charge is 0.445 e. The average molecular weight is 448 g/mol. The van der Waals surface area contributed by atoms with Crippen LogP contribution >= 0.6 is 0 Å². The van der Waals surface area contributed by atoms with Crippen molar-refractivity contribution in [3.05, 3.63) is 53.6 Å². The van der Waals surface area contributed by atoms with E-state index in [1.165, 1.54) is 5.56 Å². The lowest BCUT2D eigenvalue weighted by atomic mass is 9.82. The van der Waals surface area contributed by atoms with Crippen LogP contribution in [0.15, 0.2) is 42.5 Å². The normalized spacial score (nSPS) is 18.1. The van der Waals surface area contributed by atoms with E-state index in [2.05, 4.69) is 52.5 Å². The molecule has 1 fully saturated rings. The Labute approximate surface area is 195 Å². The van der Waals surface area contributed by atoms with Gasteiger partial charge in [-0.1, -0.05) is 36.4 Å². The number of methoxy groups -OCH3 is 1. The topological polar surface area (TPSA) is 65.4 Å². The Morgan fingerprint density at radius 1 is 1.15 bits per heavy atom. The molecule has 5 aliphatic rings. The molecule has 5 aliphatic carbocycles. The zero-order valence-corrected chi connectivity index (χ0v) is 19.9. The van der Waals surface area contributed by atoms with Crippen molar-refractivity contribution in [3.8, 4) is 11.3 Å². The Bertz CT molecular complexity index is 1160. The second-order valence-electron chi connectivity index (χ2n) is 10.4. The van der Waals surface area contributed by atoms with Gasteiger partial charge in [-0.05, 0) is 63.1 Å². The number of aryl methyl sites for hydroxylation is 1. The Hall–Kier alpha value is -2.86. The molecule has 0 aliphatic heterocycles. The van der Waals surface area contributed by atoms with E-state index in [0.29, 0.717) is 12.5 Å². The van der Waals surface area contributed by atoms with Crippen LogP contribution in [0.2, 0.25) is 0 Å². The van der Waals surface area contributed by atoms with Gasteiger partial charge >= 0.3 is 6.09 Å². The van der Waals surface area contributed by atoms with Crippen LogP contribution in [-0.4, -0.2) is 41.2 Å². The summed E-state index contributed by atoms with van der Waals surface area (Å²) < 4.78 is 13.5. The van der Waals surface area contributed by atoms with Crippen molar-refractivity contribution in [2.45, 2.75) is 64.1 Å². The van der Waals surface area contributed by atoms with E-state index in [1.54, 1.807) is 7.11 Å². The van der Waals surface area contributed by atoms with Gasteiger partial charge in [-0.15, -0.1) is 0 Å². The summed E-state index contributed by atoms with van der Waals surface area (Å²) in [5, 5.41) is 9.09. The van der Waals surface area contributed by atoms with Crippen LogP contribution in [-0.2, 0) is 16.0 Å². The third kappa shape index (κ3) is 4.49. The summed E-state index contributed by atoms with van der Waals surface area (Å²) in [6, 6.07) is 15.3. The van der Waals surface area contributed by atoms with Gasteiger partial charge in [0.1, 0.15) is 11.8 Å². The first-order valence-electron chi connectivity index (χ1n) is 11.9. The summed E-state index contributed by atoms with van der Waals surface area (Å²) in [5.41, 5.74) is 5.24. The minimum absolute atomic E-state index is 0.0226. The van der Waals surface area contributed by atoms with E-state index < -0.39 is 0 Å². The van der Waals surface area contributed by atoms with Gasteiger partial charge in [-0.3, -0.25) is 4.68 Å². The van der Waals surface area contributed by atoms with Gasteiger partial charge in [-0.25, -0.2) is 4.79 Å². The zero-order valence-electron chi connectivity index (χ0n) is 19.9. The van der Waals surface area contributed by atoms with E-state index in [4.69, 9.17) is 14.6 Å². The predicted molar refractivity (Wildman–Crippen MR) is 129 cm³/mol. The second kappa shape index (κ2) is 8.49. The summed E-state index contributed by atoms with van der Waals surface area (Å²) in [6.45, 7) is 7.41. The third-order valence-electron chi connectivity index (χ3n) is 6.53. The first kappa shape index (κ1) is 22.0. The monoisotopic (exact) mass is 447 g/mol. The summed E-state index contributed by atoms with van der Waals surface area (Å²) >= 11 is 0. The number of hydrogen-bond donors (Lipinski definition) is 1. The molecule has 1 heterocycles. The fraction of sp³-hybridized carbons (Fsp3) is 0.481. The number of amides is 1. The van der Waals surface area contributed by atoms with Crippen LogP contribution in [0, 0.1) is 5.92 Å². The van der Waals surface area contributed by atoms with Crippen molar-refractivity contribution in [3.63, 3.8) is 0 Å². The van der Waals surface area contributed by atoms with Crippen LogP contribution in [0.1, 0.15) is 57.1 Å². The van der Waals surface area contributed by atoms with Gasteiger partial charge in [0.2, 0.25) is 0 Å². The van der Waals surface area contributed by atoms with Gasteiger partial charge in [-0.2, -0.15) is 5.10 Å². The standard InChI is InChI=1S/C27H33N3O3/c1-27(2,3)28-26(31)33-25(19-10-11-19)23-17-6-8-18(9-7-17)24-21-13-12-20(23)16-22(21)30(29-24)14-5-15-32-4/h6-9,12-13,16,19,23,25H,5,10-11,14-15H2,1-4H3,(H,28,31). The lowest BCUT2D eigenvalue weighted by Crippen LogP contribution is -2.43. The molecule has 6 nitrogen and oxygen atoms in total. The Balaban J connectivity index is 1.58. The second-order valence-corrected chi connectivity index (χ2v) is 10.4. The number of rotatable bonds is 7. The Kier molecular flexibility index (Phi) is 5.65. The number of nitrogens with zero attached hydrogens (tertiary/aromatic N) is 2. The maximum atomic E-state index is 12.8. The molecule has 8 rings (SSSR count). The van der Waals surface area contributed by atoms with Crippen LogP contribution in [0.4, 0.5) is 4.79 Å². The van der Waals surface area contributed by atoms with E-state index >= 15 is 0 Å². The lowest BCUT2D eigenvalue weighted by Gasteiger charge is -2.30. The molecule has 174 valence electrons. The number of carbonyl (C=O) groups is 1. The molecule has 0 spiro atoms. The molecule has 1 N–H and O–H groups in total. The number of alkyl carbamates (subject to hydrolysis) is 1. The maximum absolute atomic E-state index is 12.8. The number of aromatic nitrogens is 2. The summed E-state index contributed by atoms with van der Waals surface area (Å²) in [6.07, 6.45) is 2.52. The van der Waals surface area contributed by atoms with Crippen LogP contribution < -0.4 is 5.32 Å². The van der Waals surface area contributed by atoms with Crippen LogP contribution in [0.3, 0.4) is 0 Å². The number of benzene rings is 2. The number of carbonyl (C=O) groups excluding carboxylic acids is 1. The van der Waals surface area contributed by atoms with Crippen molar-refractivity contribution in [2.75, 3.05) is 13.7 Å². The summed E-state index contributed by atoms with van der Waals surface area (Å²) in [4.78, 5) is 12.8. The fourth-order valence-corrected chi connectivity index (χ4v) is 4.87. The molecule has 0 radical (unpaired) electrons. The number of ether oxygens (including phenoxy) is 2. The van der Waals surface area contributed by atoms with Crippen molar-refractivity contribution in [2.24, 2.45) is 5.92 Å². The molecule has 1 aromatic heterocycles. The van der Waals surface area contributed by atoms with Crippen molar-refractivity contribution < 1.29 is 14.3 Å². The SMILES string of the molecule is COCCCn1nc2c3ccc(cc31)C(C(OC(=O)NC(C)(C)C)C1CC1)c1ccc-2cc1. The Morgan fingerprint density at radius 2 is 1.88 bits per heavy atom. The maximum Gasteiger partial charge on any atom is 0.407 e. The molecule has 6 heteroatoms. The molecule has 2 atom stereocenters. The highest BCUT2D eigenvalue weighted by Gasteiger charge is 2.41. The molecular formula is C27H33N3O3. The van der Waals surface area contributed by atoms with Crippen LogP contribution in [0.5, 0.6) is 0 Å². The highest BCUT2D eigenvalue weighted by atomic mass is 16.6. The molecule has 33 heavy (non-hydrogen) atoms. The van der Waals surface area contributed by atoms with E-state index in [9.17, 15) is 4.79 Å². The van der Waals surface area contributed by atoms with Crippen molar-refractivity contribution in [1.82, 2.24) is 15.1 Å². The third-order valence-corrected chi connectivity index (χ3v) is 6.53. The van der Waals surface area contributed by atoms with Gasteiger partial charge in [0.15, 0.2) is 0 Å². The minimum Gasteiger partial charge on any atom is -0.445 e. The average Bonchev–Trinajstić information content (AvgIpc) is 3.55. The molecule has 2 aromatic carbocycles. The van der Waals surface area contributed by atoms with Crippen molar-refractivity contribution >= 4 is 17.0 Å². The first-order chi connectivity index (χ1) is 15.8. The Morgan fingerprint density at radius 3 is 2.55 bits per heavy atom. The van der Waals surface area contributed by atoms with Crippen LogP contribution in [0.25, 0.3) is 22.2 Å². The van der Waals surface area contributed by atoms with Gasteiger partial charge in [0, 0.05) is 42.7 Å². The summed E-state index contributed by atoms with van der Waals surface area (Å²) in [5.74, 6) is 0.353. The predicted octanol–water partition coefficient (Wildman–Crippen LogP) is 5.49. The molecular weight excluding hydrogens is 414 g/mol. The lowest BCUT2D eigenvalue weighted by molar-refractivity contribution is 0.0701.